The van der Waals surface area contributed by atoms with Crippen LogP contribution in [0.15, 0.2) is 29.0 Å². The summed E-state index contributed by atoms with van der Waals surface area (Å²) < 4.78 is 31.2. The van der Waals surface area contributed by atoms with Gasteiger partial charge in [-0.3, -0.25) is 9.48 Å². The van der Waals surface area contributed by atoms with Gasteiger partial charge in [0, 0.05) is 19.0 Å². The molecule has 0 amide bonds. The first-order chi connectivity index (χ1) is 12.5. The van der Waals surface area contributed by atoms with Gasteiger partial charge in [-0.2, -0.15) is 13.8 Å². The highest BCUT2D eigenvalue weighted by Gasteiger charge is 2.27. The molecule has 0 spiro atoms. The number of Topliss-reactive ketones (excluding diaryl/α,β-unsaturated/α-hetero) is 1. The Kier molecular flexibility index (Phi) is 4.06. The fraction of sp³-hybridized carbons (Fsp3) is 0.353. The van der Waals surface area contributed by atoms with Gasteiger partial charge in [-0.05, 0) is 36.0 Å². The van der Waals surface area contributed by atoms with Gasteiger partial charge in [0.05, 0.1) is 0 Å². The molecule has 2 aromatic heterocycles. The van der Waals surface area contributed by atoms with Crippen LogP contribution in [0.5, 0.6) is 0 Å². The van der Waals surface area contributed by atoms with Gasteiger partial charge in [0.15, 0.2) is 0 Å². The van der Waals surface area contributed by atoms with Crippen molar-refractivity contribution in [1.82, 2.24) is 24.9 Å². The Morgan fingerprint density at radius 1 is 1.42 bits per heavy atom. The quantitative estimate of drug-likeness (QED) is 0.651. The minimum Gasteiger partial charge on any atom is -0.333 e. The van der Waals surface area contributed by atoms with Gasteiger partial charge in [0.2, 0.25) is 17.4 Å². The van der Waals surface area contributed by atoms with E-state index in [-0.39, 0.29) is 23.3 Å². The molecule has 4 rings (SSSR count). The van der Waals surface area contributed by atoms with Gasteiger partial charge >= 0.3 is 6.43 Å². The van der Waals surface area contributed by atoms with E-state index in [9.17, 15) is 13.6 Å². The second-order valence-electron chi connectivity index (χ2n) is 6.28. The number of aryl methyl sites for hydroxylation is 2. The lowest BCUT2D eigenvalue weighted by Gasteiger charge is -2.10. The van der Waals surface area contributed by atoms with E-state index in [0.29, 0.717) is 12.0 Å². The lowest BCUT2D eigenvalue weighted by atomic mass is 9.94. The van der Waals surface area contributed by atoms with Crippen molar-refractivity contribution in [2.75, 3.05) is 0 Å². The number of hydrogen-bond donors (Lipinski definition) is 0. The summed E-state index contributed by atoms with van der Waals surface area (Å²) >= 11 is 0. The first kappa shape index (κ1) is 16.5. The van der Waals surface area contributed by atoms with Crippen LogP contribution in [0.2, 0.25) is 0 Å². The number of aromatic nitrogens is 5. The summed E-state index contributed by atoms with van der Waals surface area (Å²) in [5, 5.41) is 7.65. The van der Waals surface area contributed by atoms with E-state index in [4.69, 9.17) is 0 Å². The number of alkyl halides is 2. The SMILES string of the molecule is Cn1cnc(C(=O)CC2CCc3cc(-c4noc(C(F)F)n4)ccc32)n1. The summed E-state index contributed by atoms with van der Waals surface area (Å²) in [6, 6.07) is 5.54. The molecule has 0 fully saturated rings. The summed E-state index contributed by atoms with van der Waals surface area (Å²) in [4.78, 5) is 20.0. The van der Waals surface area contributed by atoms with E-state index in [1.54, 1.807) is 13.1 Å². The van der Waals surface area contributed by atoms with Gasteiger partial charge in [-0.1, -0.05) is 17.3 Å². The zero-order chi connectivity index (χ0) is 18.3. The number of rotatable bonds is 5. The Morgan fingerprint density at radius 3 is 2.96 bits per heavy atom. The van der Waals surface area contributed by atoms with E-state index in [2.05, 4.69) is 24.7 Å². The van der Waals surface area contributed by atoms with Crippen LogP contribution in [0, 0.1) is 0 Å². The highest BCUT2D eigenvalue weighted by Crippen LogP contribution is 2.38. The van der Waals surface area contributed by atoms with Gasteiger partial charge in [-0.15, -0.1) is 5.10 Å². The topological polar surface area (TPSA) is 86.7 Å². The molecule has 3 aromatic rings. The van der Waals surface area contributed by atoms with Crippen molar-refractivity contribution in [2.45, 2.75) is 31.6 Å². The number of fused-ring (bicyclic) bond motifs is 1. The van der Waals surface area contributed by atoms with Crippen LogP contribution in [0.1, 0.15) is 52.8 Å². The number of carbonyl (C=O) groups is 1. The zero-order valence-corrected chi connectivity index (χ0v) is 13.9. The third kappa shape index (κ3) is 3.00. The number of carbonyl (C=O) groups excluding carboxylic acids is 1. The summed E-state index contributed by atoms with van der Waals surface area (Å²) in [6.07, 6.45) is 0.693. The second kappa shape index (κ2) is 6.40. The summed E-state index contributed by atoms with van der Waals surface area (Å²) in [5.41, 5.74) is 2.77. The van der Waals surface area contributed by atoms with Gasteiger partial charge < -0.3 is 4.52 Å². The third-order valence-corrected chi connectivity index (χ3v) is 4.51. The first-order valence-corrected chi connectivity index (χ1v) is 8.15. The Balaban J connectivity index is 1.53. The molecule has 7 nitrogen and oxygen atoms in total. The molecule has 2 heterocycles. The maximum atomic E-state index is 12.6. The maximum Gasteiger partial charge on any atom is 0.315 e. The predicted octanol–water partition coefficient (Wildman–Crippen LogP) is 3.11. The fourth-order valence-corrected chi connectivity index (χ4v) is 3.28. The molecule has 0 aliphatic heterocycles. The maximum absolute atomic E-state index is 12.6. The molecule has 0 saturated heterocycles. The van der Waals surface area contributed by atoms with Crippen molar-refractivity contribution in [3.63, 3.8) is 0 Å². The third-order valence-electron chi connectivity index (χ3n) is 4.51. The Labute approximate surface area is 147 Å². The van der Waals surface area contributed by atoms with Gasteiger partial charge in [-0.25, -0.2) is 4.98 Å². The smallest absolute Gasteiger partial charge is 0.315 e. The van der Waals surface area contributed by atoms with Crippen LogP contribution in [-0.4, -0.2) is 30.7 Å². The number of nitrogens with zero attached hydrogens (tertiary/aromatic N) is 5. The van der Waals surface area contributed by atoms with Gasteiger partial charge in [0.1, 0.15) is 6.33 Å². The number of benzene rings is 1. The monoisotopic (exact) mass is 359 g/mol. The largest absolute Gasteiger partial charge is 0.333 e. The molecule has 1 aromatic carbocycles. The molecule has 0 saturated carbocycles. The molecule has 1 unspecified atom stereocenters. The normalized spacial score (nSPS) is 16.2. The van der Waals surface area contributed by atoms with Crippen LogP contribution < -0.4 is 0 Å². The summed E-state index contributed by atoms with van der Waals surface area (Å²) in [6.45, 7) is 0. The Bertz CT molecular complexity index is 966. The van der Waals surface area contributed by atoms with Crippen LogP contribution in [-0.2, 0) is 13.5 Å². The average molecular weight is 359 g/mol. The van der Waals surface area contributed by atoms with Crippen LogP contribution >= 0.6 is 0 Å². The van der Waals surface area contributed by atoms with E-state index < -0.39 is 12.3 Å². The Morgan fingerprint density at radius 2 is 2.27 bits per heavy atom. The fourth-order valence-electron chi connectivity index (χ4n) is 3.28. The highest BCUT2D eigenvalue weighted by molar-refractivity contribution is 5.93. The highest BCUT2D eigenvalue weighted by atomic mass is 19.3. The van der Waals surface area contributed by atoms with Crippen molar-refractivity contribution in [3.05, 3.63) is 47.4 Å². The molecular formula is C17H15F2N5O2. The molecule has 1 aliphatic carbocycles. The first-order valence-electron chi connectivity index (χ1n) is 8.15. The standard InChI is InChI=1S/C17H15F2N5O2/c1-24-8-20-16(22-24)13(25)7-10-3-2-9-6-11(4-5-12(9)10)15-21-17(14(18)19)26-23-15/h4-6,8,10,14H,2-3,7H2,1H3. The van der Waals surface area contributed by atoms with Crippen LogP contribution in [0.25, 0.3) is 11.4 Å². The minimum absolute atomic E-state index is 0.0905. The van der Waals surface area contributed by atoms with Crippen molar-refractivity contribution >= 4 is 5.78 Å². The molecule has 1 aliphatic rings. The van der Waals surface area contributed by atoms with Crippen molar-refractivity contribution in [3.8, 4) is 11.4 Å². The van der Waals surface area contributed by atoms with Gasteiger partial charge in [0.25, 0.3) is 5.89 Å². The van der Waals surface area contributed by atoms with Crippen molar-refractivity contribution < 1.29 is 18.1 Å². The van der Waals surface area contributed by atoms with Crippen LogP contribution in [0.3, 0.4) is 0 Å². The molecule has 0 bridgehead atoms. The van der Waals surface area contributed by atoms with E-state index in [1.807, 2.05) is 12.1 Å². The summed E-state index contributed by atoms with van der Waals surface area (Å²) in [7, 11) is 1.72. The van der Waals surface area contributed by atoms with Crippen molar-refractivity contribution in [2.24, 2.45) is 7.05 Å². The molecule has 9 heteroatoms. The number of hydrogen-bond acceptors (Lipinski definition) is 6. The molecule has 0 N–H and O–H groups in total. The number of halogens is 2. The number of ketones is 1. The molecular weight excluding hydrogens is 344 g/mol. The van der Waals surface area contributed by atoms with Crippen LogP contribution in [0.4, 0.5) is 8.78 Å². The molecule has 134 valence electrons. The van der Waals surface area contributed by atoms with Crippen molar-refractivity contribution in [1.29, 1.82) is 0 Å². The predicted molar refractivity (Wildman–Crippen MR) is 85.7 cm³/mol. The average Bonchev–Trinajstić information content (AvgIpc) is 3.34. The zero-order valence-electron chi connectivity index (χ0n) is 13.9. The van der Waals surface area contributed by atoms with E-state index in [1.165, 1.54) is 11.0 Å². The second-order valence-corrected chi connectivity index (χ2v) is 6.28. The van der Waals surface area contributed by atoms with E-state index >= 15 is 0 Å². The Hall–Kier alpha value is -2.97. The van der Waals surface area contributed by atoms with E-state index in [0.717, 1.165) is 24.0 Å². The lowest BCUT2D eigenvalue weighted by molar-refractivity contribution is 0.0963. The molecule has 26 heavy (non-hydrogen) atoms. The molecule has 1 atom stereocenters. The lowest BCUT2D eigenvalue weighted by Crippen LogP contribution is -2.08. The molecule has 0 radical (unpaired) electrons. The summed E-state index contributed by atoms with van der Waals surface area (Å²) in [5.74, 6) is -0.319. The minimum atomic E-state index is -2.79.